The first-order valence-corrected chi connectivity index (χ1v) is 8.23. The van der Waals surface area contributed by atoms with Crippen molar-refractivity contribution in [1.29, 1.82) is 0 Å². The van der Waals surface area contributed by atoms with Crippen LogP contribution in [0.2, 0.25) is 0 Å². The molecule has 0 aliphatic carbocycles. The number of benzene rings is 1. The van der Waals surface area contributed by atoms with Crippen LogP contribution in [0, 0.1) is 6.92 Å². The summed E-state index contributed by atoms with van der Waals surface area (Å²) in [5.41, 5.74) is 1.23. The summed E-state index contributed by atoms with van der Waals surface area (Å²) in [5.74, 6) is 2.63. The maximum Gasteiger partial charge on any atom is 0.191 e. The third kappa shape index (κ3) is 5.57. The predicted octanol–water partition coefficient (Wildman–Crippen LogP) is 1.39. The predicted molar refractivity (Wildman–Crippen MR) is 95.4 cm³/mol. The Morgan fingerprint density at radius 2 is 1.96 bits per heavy atom. The maximum absolute atomic E-state index is 5.68. The van der Waals surface area contributed by atoms with Gasteiger partial charge in [0.15, 0.2) is 5.96 Å². The summed E-state index contributed by atoms with van der Waals surface area (Å²) in [6.07, 6.45) is 2.63. The zero-order chi connectivity index (χ0) is 17.2. The summed E-state index contributed by atoms with van der Waals surface area (Å²) in [4.78, 5) is 4.20. The van der Waals surface area contributed by atoms with E-state index in [-0.39, 0.29) is 0 Å². The molecule has 0 saturated carbocycles. The molecule has 0 bridgehead atoms. The number of nitrogens with one attached hydrogen (secondary N) is 2. The van der Waals surface area contributed by atoms with Crippen LogP contribution < -0.4 is 15.4 Å². The SMILES string of the molecule is CCc1nncn1CCNC(=NC)NCCOc1ccc(C)cc1. The Hall–Kier alpha value is -2.57. The fraction of sp³-hybridized carbons (Fsp3) is 0.471. The summed E-state index contributed by atoms with van der Waals surface area (Å²) in [7, 11) is 1.76. The van der Waals surface area contributed by atoms with Crippen LogP contribution in [0.4, 0.5) is 0 Å². The molecule has 2 rings (SSSR count). The lowest BCUT2D eigenvalue weighted by Crippen LogP contribution is -2.40. The Kier molecular flexibility index (Phi) is 7.07. The van der Waals surface area contributed by atoms with Gasteiger partial charge in [-0.3, -0.25) is 4.99 Å². The normalized spacial score (nSPS) is 11.4. The molecular weight excluding hydrogens is 304 g/mol. The Morgan fingerprint density at radius 1 is 1.21 bits per heavy atom. The summed E-state index contributed by atoms with van der Waals surface area (Å²) in [6.45, 7) is 6.95. The van der Waals surface area contributed by atoms with Crippen LogP contribution in [0.25, 0.3) is 0 Å². The van der Waals surface area contributed by atoms with Crippen LogP contribution >= 0.6 is 0 Å². The third-order valence-electron chi connectivity index (χ3n) is 3.56. The van der Waals surface area contributed by atoms with E-state index in [1.807, 2.05) is 28.8 Å². The number of aliphatic imine (C=N–C) groups is 1. The molecule has 1 heterocycles. The molecule has 0 aliphatic heterocycles. The third-order valence-corrected chi connectivity index (χ3v) is 3.56. The molecule has 0 fully saturated rings. The summed E-state index contributed by atoms with van der Waals surface area (Å²) in [6, 6.07) is 8.04. The highest BCUT2D eigenvalue weighted by Gasteiger charge is 2.02. The Bertz CT molecular complexity index is 635. The lowest BCUT2D eigenvalue weighted by molar-refractivity contribution is 0.322. The zero-order valence-corrected chi connectivity index (χ0v) is 14.6. The molecule has 7 heteroatoms. The van der Waals surface area contributed by atoms with Crippen molar-refractivity contribution in [2.75, 3.05) is 26.7 Å². The van der Waals surface area contributed by atoms with Gasteiger partial charge in [0.05, 0.1) is 6.54 Å². The van der Waals surface area contributed by atoms with Crippen LogP contribution in [-0.2, 0) is 13.0 Å². The highest BCUT2D eigenvalue weighted by molar-refractivity contribution is 5.79. The molecule has 0 radical (unpaired) electrons. The van der Waals surface area contributed by atoms with Gasteiger partial charge in [-0.25, -0.2) is 0 Å². The van der Waals surface area contributed by atoms with E-state index in [4.69, 9.17) is 4.74 Å². The molecule has 24 heavy (non-hydrogen) atoms. The number of nitrogens with zero attached hydrogens (tertiary/aromatic N) is 4. The molecule has 1 aromatic heterocycles. The lowest BCUT2D eigenvalue weighted by atomic mass is 10.2. The van der Waals surface area contributed by atoms with Crippen LogP contribution in [0.3, 0.4) is 0 Å². The monoisotopic (exact) mass is 330 g/mol. The average Bonchev–Trinajstić information content (AvgIpc) is 3.06. The molecule has 2 N–H and O–H groups in total. The molecule has 130 valence electrons. The van der Waals surface area contributed by atoms with E-state index >= 15 is 0 Å². The van der Waals surface area contributed by atoms with Crippen molar-refractivity contribution in [2.45, 2.75) is 26.8 Å². The van der Waals surface area contributed by atoms with Gasteiger partial charge in [-0.1, -0.05) is 24.6 Å². The maximum atomic E-state index is 5.68. The van der Waals surface area contributed by atoms with Crippen molar-refractivity contribution in [3.8, 4) is 5.75 Å². The first-order chi connectivity index (χ1) is 11.7. The van der Waals surface area contributed by atoms with E-state index in [1.165, 1.54) is 5.56 Å². The van der Waals surface area contributed by atoms with Gasteiger partial charge < -0.3 is 19.9 Å². The second-order valence-corrected chi connectivity index (χ2v) is 5.38. The van der Waals surface area contributed by atoms with Gasteiger partial charge in [0.2, 0.25) is 0 Å². The number of aryl methyl sites for hydroxylation is 2. The number of ether oxygens (including phenoxy) is 1. The minimum absolute atomic E-state index is 0.579. The van der Waals surface area contributed by atoms with Crippen molar-refractivity contribution >= 4 is 5.96 Å². The van der Waals surface area contributed by atoms with Gasteiger partial charge in [0.1, 0.15) is 24.5 Å². The smallest absolute Gasteiger partial charge is 0.191 e. The minimum Gasteiger partial charge on any atom is -0.492 e. The molecule has 0 unspecified atom stereocenters. The van der Waals surface area contributed by atoms with Crippen LogP contribution in [0.5, 0.6) is 5.75 Å². The summed E-state index contributed by atoms with van der Waals surface area (Å²) in [5, 5.41) is 14.5. The van der Waals surface area contributed by atoms with Crippen molar-refractivity contribution in [3.05, 3.63) is 42.0 Å². The molecule has 2 aromatic rings. The molecule has 0 aliphatic rings. The molecule has 7 nitrogen and oxygen atoms in total. The van der Waals surface area contributed by atoms with E-state index in [1.54, 1.807) is 13.4 Å². The minimum atomic E-state index is 0.579. The number of hydrogen-bond donors (Lipinski definition) is 2. The van der Waals surface area contributed by atoms with Crippen LogP contribution in [0.1, 0.15) is 18.3 Å². The van der Waals surface area contributed by atoms with Crippen LogP contribution in [0.15, 0.2) is 35.6 Å². The lowest BCUT2D eigenvalue weighted by Gasteiger charge is -2.13. The van der Waals surface area contributed by atoms with Crippen molar-refractivity contribution in [1.82, 2.24) is 25.4 Å². The van der Waals surface area contributed by atoms with Gasteiger partial charge in [0.25, 0.3) is 0 Å². The van der Waals surface area contributed by atoms with E-state index in [0.29, 0.717) is 13.2 Å². The number of guanidine groups is 1. The second kappa shape index (κ2) is 9.54. The highest BCUT2D eigenvalue weighted by Crippen LogP contribution is 2.10. The number of hydrogen-bond acceptors (Lipinski definition) is 4. The van der Waals surface area contributed by atoms with E-state index in [9.17, 15) is 0 Å². The van der Waals surface area contributed by atoms with Crippen molar-refractivity contribution in [3.63, 3.8) is 0 Å². The quantitative estimate of drug-likeness (QED) is 0.435. The molecular formula is C17H26N6O. The van der Waals surface area contributed by atoms with Gasteiger partial charge >= 0.3 is 0 Å². The Balaban J connectivity index is 1.64. The first-order valence-electron chi connectivity index (χ1n) is 8.23. The van der Waals surface area contributed by atoms with Gasteiger partial charge in [-0.15, -0.1) is 10.2 Å². The molecule has 0 amide bonds. The van der Waals surface area contributed by atoms with Crippen molar-refractivity contribution in [2.24, 2.45) is 4.99 Å². The number of aromatic nitrogens is 3. The highest BCUT2D eigenvalue weighted by atomic mass is 16.5. The molecule has 0 spiro atoms. The molecule has 0 saturated heterocycles. The Morgan fingerprint density at radius 3 is 2.67 bits per heavy atom. The van der Waals surface area contributed by atoms with Gasteiger partial charge in [-0.2, -0.15) is 0 Å². The van der Waals surface area contributed by atoms with E-state index in [2.05, 4.69) is 39.7 Å². The largest absolute Gasteiger partial charge is 0.492 e. The van der Waals surface area contributed by atoms with E-state index in [0.717, 1.165) is 37.0 Å². The second-order valence-electron chi connectivity index (χ2n) is 5.38. The first kappa shape index (κ1) is 17.8. The van der Waals surface area contributed by atoms with Crippen molar-refractivity contribution < 1.29 is 4.74 Å². The average molecular weight is 330 g/mol. The standard InChI is InChI=1S/C17H26N6O/c1-4-16-22-21-13-23(16)11-9-19-17(18-3)20-10-12-24-15-7-5-14(2)6-8-15/h5-8,13H,4,9-12H2,1-3H3,(H2,18,19,20). The summed E-state index contributed by atoms with van der Waals surface area (Å²) < 4.78 is 7.73. The van der Waals surface area contributed by atoms with E-state index < -0.39 is 0 Å². The molecule has 0 atom stereocenters. The molecule has 1 aromatic carbocycles. The summed E-state index contributed by atoms with van der Waals surface area (Å²) >= 11 is 0. The fourth-order valence-corrected chi connectivity index (χ4v) is 2.23. The topological polar surface area (TPSA) is 76.4 Å². The van der Waals surface area contributed by atoms with Crippen LogP contribution in [-0.4, -0.2) is 47.5 Å². The zero-order valence-electron chi connectivity index (χ0n) is 14.6. The Labute approximate surface area is 143 Å². The van der Waals surface area contributed by atoms with Gasteiger partial charge in [-0.05, 0) is 19.1 Å². The fourth-order valence-electron chi connectivity index (χ4n) is 2.23. The van der Waals surface area contributed by atoms with Gasteiger partial charge in [0, 0.05) is 26.6 Å². The number of rotatable bonds is 8.